The number of allylic oxidation sites excluding steroid dienone is 2. The van der Waals surface area contributed by atoms with Crippen molar-refractivity contribution in [2.24, 2.45) is 0 Å². The van der Waals surface area contributed by atoms with Gasteiger partial charge in [-0.15, -0.1) is 0 Å². The van der Waals surface area contributed by atoms with Gasteiger partial charge in [0, 0.05) is 0 Å². The Kier molecular flexibility index (Phi) is 8.51. The van der Waals surface area contributed by atoms with Crippen molar-refractivity contribution < 1.29 is 5.11 Å². The Morgan fingerprint density at radius 3 is 1.94 bits per heavy atom. The van der Waals surface area contributed by atoms with E-state index in [-0.39, 0.29) is 6.10 Å². The summed E-state index contributed by atoms with van der Waals surface area (Å²) in [5, 5.41) is 9.74. The minimum atomic E-state index is -0.0604. The van der Waals surface area contributed by atoms with Crippen LogP contribution < -0.4 is 0 Å². The summed E-state index contributed by atoms with van der Waals surface area (Å²) >= 11 is 0. The summed E-state index contributed by atoms with van der Waals surface area (Å²) in [6, 6.07) is 0. The molecule has 0 heterocycles. The molecule has 94 valence electrons. The van der Waals surface area contributed by atoms with Crippen LogP contribution in [0.1, 0.15) is 77.0 Å². The first-order valence-corrected chi connectivity index (χ1v) is 7.22. The molecule has 1 nitrogen and oxygen atoms in total. The highest BCUT2D eigenvalue weighted by molar-refractivity contribution is 4.82. The first kappa shape index (κ1) is 13.8. The highest BCUT2D eigenvalue weighted by Crippen LogP contribution is 2.14. The van der Waals surface area contributed by atoms with Gasteiger partial charge in [0.15, 0.2) is 0 Å². The third kappa shape index (κ3) is 7.92. The van der Waals surface area contributed by atoms with Crippen LogP contribution in [0.25, 0.3) is 0 Å². The van der Waals surface area contributed by atoms with Crippen LogP contribution in [0, 0.1) is 0 Å². The summed E-state index contributed by atoms with van der Waals surface area (Å²) in [6.07, 6.45) is 19.6. The number of aliphatic hydroxyl groups excluding tert-OH is 1. The first-order chi connectivity index (χ1) is 7.89. The molecule has 0 aromatic rings. The van der Waals surface area contributed by atoms with Crippen molar-refractivity contribution in [1.82, 2.24) is 0 Å². The SMILES string of the molecule is OC1CC/C=C\CCCCCCCCCC1. The van der Waals surface area contributed by atoms with Crippen LogP contribution in [0.5, 0.6) is 0 Å². The predicted octanol–water partition coefficient (Wildman–Crippen LogP) is 4.60. The van der Waals surface area contributed by atoms with Gasteiger partial charge in [0.1, 0.15) is 0 Å². The van der Waals surface area contributed by atoms with E-state index in [0.717, 1.165) is 19.3 Å². The third-order valence-corrected chi connectivity index (χ3v) is 3.49. The number of aliphatic hydroxyl groups is 1. The molecule has 0 saturated carbocycles. The van der Waals surface area contributed by atoms with Crippen molar-refractivity contribution in [2.45, 2.75) is 83.2 Å². The standard InChI is InChI=1S/C15H28O/c16-15-13-11-9-7-5-3-1-2-4-6-8-10-12-14-15/h7,9,15-16H,1-6,8,10-14H2/b9-7-. The smallest absolute Gasteiger partial charge is 0.0543 e. The molecule has 0 spiro atoms. The zero-order chi connectivity index (χ0) is 11.5. The highest BCUT2D eigenvalue weighted by atomic mass is 16.3. The zero-order valence-corrected chi connectivity index (χ0v) is 10.7. The van der Waals surface area contributed by atoms with Gasteiger partial charge in [-0.1, -0.05) is 57.1 Å². The lowest BCUT2D eigenvalue weighted by molar-refractivity contribution is 0.152. The Balaban J connectivity index is 2.18. The Morgan fingerprint density at radius 2 is 1.19 bits per heavy atom. The molecule has 1 atom stereocenters. The Hall–Kier alpha value is -0.300. The van der Waals surface area contributed by atoms with Gasteiger partial charge in [0.05, 0.1) is 6.10 Å². The van der Waals surface area contributed by atoms with Crippen LogP contribution in [0.15, 0.2) is 12.2 Å². The lowest BCUT2D eigenvalue weighted by Crippen LogP contribution is -2.05. The maximum atomic E-state index is 9.74. The van der Waals surface area contributed by atoms with E-state index in [9.17, 15) is 5.11 Å². The molecule has 16 heavy (non-hydrogen) atoms. The molecule has 1 rings (SSSR count). The van der Waals surface area contributed by atoms with Gasteiger partial charge >= 0.3 is 0 Å². The second kappa shape index (κ2) is 9.89. The van der Waals surface area contributed by atoms with Gasteiger partial charge in [0.2, 0.25) is 0 Å². The molecule has 0 saturated heterocycles. The van der Waals surface area contributed by atoms with Crippen LogP contribution in [0.4, 0.5) is 0 Å². The van der Waals surface area contributed by atoms with E-state index >= 15 is 0 Å². The number of hydrogen-bond donors (Lipinski definition) is 1. The van der Waals surface area contributed by atoms with Gasteiger partial charge < -0.3 is 5.11 Å². The third-order valence-electron chi connectivity index (χ3n) is 3.49. The van der Waals surface area contributed by atoms with Gasteiger partial charge in [-0.05, 0) is 32.1 Å². The average molecular weight is 224 g/mol. The van der Waals surface area contributed by atoms with E-state index in [1.54, 1.807) is 0 Å². The normalized spacial score (nSPS) is 28.9. The fourth-order valence-corrected chi connectivity index (χ4v) is 2.37. The Bertz CT molecular complexity index is 174. The zero-order valence-electron chi connectivity index (χ0n) is 10.7. The van der Waals surface area contributed by atoms with Crippen LogP contribution in [0.2, 0.25) is 0 Å². The van der Waals surface area contributed by atoms with Crippen molar-refractivity contribution in [3.05, 3.63) is 12.2 Å². The molecule has 0 aliphatic heterocycles. The van der Waals surface area contributed by atoms with Crippen molar-refractivity contribution in [1.29, 1.82) is 0 Å². The summed E-state index contributed by atoms with van der Waals surface area (Å²) in [5.41, 5.74) is 0. The largest absolute Gasteiger partial charge is 0.393 e. The van der Waals surface area contributed by atoms with E-state index in [1.165, 1.54) is 57.8 Å². The Morgan fingerprint density at radius 1 is 0.625 bits per heavy atom. The maximum Gasteiger partial charge on any atom is 0.0543 e. The molecule has 0 fully saturated rings. The van der Waals surface area contributed by atoms with Crippen LogP contribution >= 0.6 is 0 Å². The fraction of sp³-hybridized carbons (Fsp3) is 0.867. The maximum absolute atomic E-state index is 9.74. The van der Waals surface area contributed by atoms with Crippen molar-refractivity contribution in [2.75, 3.05) is 0 Å². The summed E-state index contributed by atoms with van der Waals surface area (Å²) in [6.45, 7) is 0. The molecular weight excluding hydrogens is 196 g/mol. The summed E-state index contributed by atoms with van der Waals surface area (Å²) in [4.78, 5) is 0. The van der Waals surface area contributed by atoms with Crippen LogP contribution in [-0.2, 0) is 0 Å². The minimum absolute atomic E-state index is 0.0604. The molecule has 0 radical (unpaired) electrons. The first-order valence-electron chi connectivity index (χ1n) is 7.22. The summed E-state index contributed by atoms with van der Waals surface area (Å²) in [5.74, 6) is 0. The lowest BCUT2D eigenvalue weighted by atomic mass is 10.0. The second-order valence-corrected chi connectivity index (χ2v) is 5.11. The van der Waals surface area contributed by atoms with E-state index in [4.69, 9.17) is 0 Å². The minimum Gasteiger partial charge on any atom is -0.393 e. The highest BCUT2D eigenvalue weighted by Gasteiger charge is 2.02. The lowest BCUT2D eigenvalue weighted by Gasteiger charge is -2.08. The van der Waals surface area contributed by atoms with Gasteiger partial charge in [0.25, 0.3) is 0 Å². The van der Waals surface area contributed by atoms with Crippen molar-refractivity contribution in [3.8, 4) is 0 Å². The van der Waals surface area contributed by atoms with E-state index < -0.39 is 0 Å². The molecular formula is C15H28O. The topological polar surface area (TPSA) is 20.2 Å². The second-order valence-electron chi connectivity index (χ2n) is 5.11. The molecule has 0 amide bonds. The van der Waals surface area contributed by atoms with Crippen molar-refractivity contribution >= 4 is 0 Å². The molecule has 1 aliphatic carbocycles. The molecule has 0 aromatic carbocycles. The summed E-state index contributed by atoms with van der Waals surface area (Å²) < 4.78 is 0. The quantitative estimate of drug-likeness (QED) is 0.596. The fourth-order valence-electron chi connectivity index (χ4n) is 2.37. The molecule has 0 bridgehead atoms. The van der Waals surface area contributed by atoms with Crippen LogP contribution in [0.3, 0.4) is 0 Å². The number of hydrogen-bond acceptors (Lipinski definition) is 1. The van der Waals surface area contributed by atoms with E-state index in [0.29, 0.717) is 0 Å². The summed E-state index contributed by atoms with van der Waals surface area (Å²) in [7, 11) is 0. The molecule has 0 aromatic heterocycles. The molecule has 1 unspecified atom stereocenters. The average Bonchev–Trinajstić information content (AvgIpc) is 2.29. The predicted molar refractivity (Wildman–Crippen MR) is 70.6 cm³/mol. The van der Waals surface area contributed by atoms with E-state index in [2.05, 4.69) is 12.2 Å². The van der Waals surface area contributed by atoms with Crippen LogP contribution in [-0.4, -0.2) is 11.2 Å². The van der Waals surface area contributed by atoms with Crippen molar-refractivity contribution in [3.63, 3.8) is 0 Å². The van der Waals surface area contributed by atoms with Gasteiger partial charge in [-0.25, -0.2) is 0 Å². The molecule has 1 aliphatic rings. The molecule has 1 N–H and O–H groups in total. The van der Waals surface area contributed by atoms with E-state index in [1.807, 2.05) is 0 Å². The monoisotopic (exact) mass is 224 g/mol. The van der Waals surface area contributed by atoms with Gasteiger partial charge in [-0.3, -0.25) is 0 Å². The number of rotatable bonds is 0. The Labute approximate surface area is 101 Å². The molecule has 1 heteroatoms. The van der Waals surface area contributed by atoms with Gasteiger partial charge in [-0.2, -0.15) is 0 Å².